The van der Waals surface area contributed by atoms with Crippen LogP contribution in [-0.4, -0.2) is 56.7 Å². The van der Waals surface area contributed by atoms with Gasteiger partial charge < -0.3 is 9.64 Å². The number of amides is 1. The van der Waals surface area contributed by atoms with E-state index in [1.165, 1.54) is 38.1 Å². The molecule has 0 aliphatic carbocycles. The molecule has 30 heavy (non-hydrogen) atoms. The second kappa shape index (κ2) is 10.2. The van der Waals surface area contributed by atoms with Crippen LogP contribution in [0.25, 0.3) is 0 Å². The number of likely N-dealkylation sites (tertiary alicyclic amines) is 1. The molecule has 2 rings (SSSR count). The topological polar surface area (TPSA) is 110 Å². The first kappa shape index (κ1) is 24.0. The van der Waals surface area contributed by atoms with Crippen LogP contribution in [0.2, 0.25) is 0 Å². The first-order valence-corrected chi connectivity index (χ1v) is 11.6. The Morgan fingerprint density at radius 2 is 1.83 bits per heavy atom. The van der Waals surface area contributed by atoms with E-state index >= 15 is 0 Å². The molecule has 166 valence electrons. The van der Waals surface area contributed by atoms with Crippen molar-refractivity contribution in [1.82, 2.24) is 9.62 Å². The van der Waals surface area contributed by atoms with Crippen LogP contribution < -0.4 is 4.72 Å². The third kappa shape index (κ3) is 6.63. The molecule has 0 saturated carbocycles. The summed E-state index contributed by atoms with van der Waals surface area (Å²) in [5.41, 5.74) is 0.283. The molecule has 1 N–H and O–H groups in total. The van der Waals surface area contributed by atoms with Crippen molar-refractivity contribution in [3.05, 3.63) is 29.8 Å². The van der Waals surface area contributed by atoms with Crippen molar-refractivity contribution >= 4 is 27.7 Å². The quantitative estimate of drug-likeness (QED) is 0.491. The zero-order chi connectivity index (χ0) is 22.5. The Balaban J connectivity index is 1.84. The minimum absolute atomic E-state index is 0.0551. The summed E-state index contributed by atoms with van der Waals surface area (Å²) >= 11 is 0. The first-order chi connectivity index (χ1) is 14.0. The Morgan fingerprint density at radius 1 is 1.20 bits per heavy atom. The van der Waals surface area contributed by atoms with Crippen LogP contribution in [-0.2, 0) is 24.3 Å². The number of rotatable bonds is 8. The van der Waals surface area contributed by atoms with Gasteiger partial charge in [-0.05, 0) is 44.2 Å². The molecule has 0 unspecified atom stereocenters. The number of esters is 1. The Labute approximate surface area is 178 Å². The standard InChI is InChI=1S/C21H30N2O6S/c1-14-10-15(2)13-23(12-14)21(26)17(4)29-20(25)8-9-22-30(27,28)19-7-5-6-18(11-19)16(3)24/h5-7,11,14-15,17,22H,8-10,12-13H2,1-4H3/t14-,15+,17-/m1/s1. The van der Waals surface area contributed by atoms with Crippen molar-refractivity contribution in [3.63, 3.8) is 0 Å². The van der Waals surface area contributed by atoms with Crippen LogP contribution in [0.5, 0.6) is 0 Å². The minimum atomic E-state index is -3.87. The number of ether oxygens (including phenoxy) is 1. The summed E-state index contributed by atoms with van der Waals surface area (Å²) in [6.45, 7) is 8.17. The lowest BCUT2D eigenvalue weighted by Crippen LogP contribution is -2.47. The molecule has 3 atom stereocenters. The number of ketones is 1. The van der Waals surface area contributed by atoms with Crippen LogP contribution in [0.15, 0.2) is 29.2 Å². The van der Waals surface area contributed by atoms with E-state index in [1.54, 1.807) is 4.90 Å². The average Bonchev–Trinajstić information content (AvgIpc) is 2.66. The first-order valence-electron chi connectivity index (χ1n) is 10.1. The van der Waals surface area contributed by atoms with E-state index in [9.17, 15) is 22.8 Å². The van der Waals surface area contributed by atoms with E-state index < -0.39 is 22.1 Å². The molecule has 1 aliphatic heterocycles. The van der Waals surface area contributed by atoms with Gasteiger partial charge in [0.1, 0.15) is 0 Å². The van der Waals surface area contributed by atoms with Gasteiger partial charge >= 0.3 is 5.97 Å². The monoisotopic (exact) mass is 438 g/mol. The van der Waals surface area contributed by atoms with Gasteiger partial charge in [-0.25, -0.2) is 13.1 Å². The number of hydrogen-bond donors (Lipinski definition) is 1. The van der Waals surface area contributed by atoms with Gasteiger partial charge in [0.05, 0.1) is 11.3 Å². The molecule has 8 nitrogen and oxygen atoms in total. The van der Waals surface area contributed by atoms with Crippen molar-refractivity contribution in [2.24, 2.45) is 11.8 Å². The van der Waals surface area contributed by atoms with E-state index in [0.717, 1.165) is 6.42 Å². The molecule has 0 aromatic heterocycles. The molecule has 0 bridgehead atoms. The number of carbonyl (C=O) groups is 3. The van der Waals surface area contributed by atoms with Crippen molar-refractivity contribution < 1.29 is 27.5 Å². The third-order valence-electron chi connectivity index (χ3n) is 5.01. The van der Waals surface area contributed by atoms with Crippen LogP contribution in [0, 0.1) is 11.8 Å². The number of nitrogens with one attached hydrogen (secondary N) is 1. The Bertz CT molecular complexity index is 889. The lowest BCUT2D eigenvalue weighted by molar-refractivity contribution is -0.160. The van der Waals surface area contributed by atoms with Crippen LogP contribution >= 0.6 is 0 Å². The maximum atomic E-state index is 12.5. The normalized spacial score (nSPS) is 20.5. The molecule has 1 amide bonds. The SMILES string of the molecule is CC(=O)c1cccc(S(=O)(=O)NCCC(=O)O[C@H](C)C(=O)N2C[C@H](C)C[C@H](C)C2)c1. The van der Waals surface area contributed by atoms with Gasteiger partial charge in [0, 0.05) is 25.2 Å². The van der Waals surface area contributed by atoms with E-state index in [1.807, 2.05) is 0 Å². The minimum Gasteiger partial charge on any atom is -0.452 e. The molecule has 0 spiro atoms. The fourth-order valence-corrected chi connectivity index (χ4v) is 4.74. The van der Waals surface area contributed by atoms with Crippen LogP contribution in [0.3, 0.4) is 0 Å². The van der Waals surface area contributed by atoms with E-state index in [4.69, 9.17) is 4.74 Å². The van der Waals surface area contributed by atoms with Gasteiger partial charge in [-0.2, -0.15) is 0 Å². The number of nitrogens with zero attached hydrogens (tertiary/aromatic N) is 1. The summed E-state index contributed by atoms with van der Waals surface area (Å²) in [6.07, 6.45) is -0.0671. The van der Waals surface area contributed by atoms with Crippen molar-refractivity contribution in [3.8, 4) is 0 Å². The molecule has 9 heteroatoms. The number of sulfonamides is 1. The fourth-order valence-electron chi connectivity index (χ4n) is 3.66. The van der Waals surface area contributed by atoms with Crippen molar-refractivity contribution in [2.75, 3.05) is 19.6 Å². The molecular formula is C21H30N2O6S. The molecule has 1 aliphatic rings. The highest BCUT2D eigenvalue weighted by Gasteiger charge is 2.30. The number of piperidine rings is 1. The lowest BCUT2D eigenvalue weighted by Gasteiger charge is -2.36. The van der Waals surface area contributed by atoms with Gasteiger partial charge in [-0.15, -0.1) is 0 Å². The highest BCUT2D eigenvalue weighted by Crippen LogP contribution is 2.22. The van der Waals surface area contributed by atoms with Gasteiger partial charge in [0.2, 0.25) is 10.0 Å². The average molecular weight is 439 g/mol. The summed E-state index contributed by atoms with van der Waals surface area (Å²) in [4.78, 5) is 37.7. The highest BCUT2D eigenvalue weighted by atomic mass is 32.2. The smallest absolute Gasteiger partial charge is 0.307 e. The Kier molecular flexibility index (Phi) is 8.14. The molecule has 1 aromatic carbocycles. The third-order valence-corrected chi connectivity index (χ3v) is 6.47. The zero-order valence-corrected chi connectivity index (χ0v) is 18.7. The maximum Gasteiger partial charge on any atom is 0.307 e. The van der Waals surface area contributed by atoms with Gasteiger partial charge in [-0.3, -0.25) is 14.4 Å². The van der Waals surface area contributed by atoms with Crippen LogP contribution in [0.1, 0.15) is 50.9 Å². The lowest BCUT2D eigenvalue weighted by atomic mass is 9.91. The molecule has 1 saturated heterocycles. The van der Waals surface area contributed by atoms with Gasteiger partial charge in [0.25, 0.3) is 5.91 Å². The molecule has 0 radical (unpaired) electrons. The summed E-state index contributed by atoms with van der Waals surface area (Å²) < 4.78 is 32.2. The fraction of sp³-hybridized carbons (Fsp3) is 0.571. The summed E-state index contributed by atoms with van der Waals surface area (Å²) in [6, 6.07) is 5.66. The van der Waals surface area contributed by atoms with Crippen molar-refractivity contribution in [2.45, 2.75) is 51.5 Å². The van der Waals surface area contributed by atoms with E-state index in [-0.39, 0.29) is 35.1 Å². The number of Topliss-reactive ketones (excluding diaryl/α,β-unsaturated/α-hetero) is 1. The maximum absolute atomic E-state index is 12.5. The summed E-state index contributed by atoms with van der Waals surface area (Å²) in [7, 11) is -3.87. The predicted octanol–water partition coefficient (Wildman–Crippen LogP) is 1.99. The predicted molar refractivity (Wildman–Crippen MR) is 111 cm³/mol. The number of benzene rings is 1. The Morgan fingerprint density at radius 3 is 2.43 bits per heavy atom. The Hall–Kier alpha value is -2.26. The van der Waals surface area contributed by atoms with Crippen molar-refractivity contribution in [1.29, 1.82) is 0 Å². The van der Waals surface area contributed by atoms with E-state index in [0.29, 0.717) is 24.9 Å². The second-order valence-corrected chi connectivity index (χ2v) is 9.82. The van der Waals surface area contributed by atoms with E-state index in [2.05, 4.69) is 18.6 Å². The molecule has 1 heterocycles. The number of carbonyl (C=O) groups excluding carboxylic acids is 3. The largest absolute Gasteiger partial charge is 0.452 e. The summed E-state index contributed by atoms with van der Waals surface area (Å²) in [5, 5.41) is 0. The molecule has 1 fully saturated rings. The van der Waals surface area contributed by atoms with Gasteiger partial charge in [-0.1, -0.05) is 26.0 Å². The second-order valence-electron chi connectivity index (χ2n) is 8.05. The number of hydrogen-bond acceptors (Lipinski definition) is 6. The zero-order valence-electron chi connectivity index (χ0n) is 17.9. The van der Waals surface area contributed by atoms with Crippen LogP contribution in [0.4, 0.5) is 0 Å². The molecular weight excluding hydrogens is 408 g/mol. The van der Waals surface area contributed by atoms with Gasteiger partial charge in [0.15, 0.2) is 11.9 Å². The summed E-state index contributed by atoms with van der Waals surface area (Å²) in [5.74, 6) is -0.336. The highest BCUT2D eigenvalue weighted by molar-refractivity contribution is 7.89. The molecule has 1 aromatic rings.